The third kappa shape index (κ3) is 3.70. The summed E-state index contributed by atoms with van der Waals surface area (Å²) in [6.07, 6.45) is -3.65. The molecule has 1 amide bonds. The highest BCUT2D eigenvalue weighted by Crippen LogP contribution is 2.34. The third-order valence-electron chi connectivity index (χ3n) is 3.99. The number of rotatable bonds is 3. The maximum Gasteiger partial charge on any atom is 0.416 e. The first-order valence-corrected chi connectivity index (χ1v) is 7.90. The highest BCUT2D eigenvalue weighted by Gasteiger charge is 2.30. The van der Waals surface area contributed by atoms with E-state index in [2.05, 4.69) is 10.6 Å². The standard InChI is InChI=1S/C18H17F3N2O2/c1-2-13-10-22-15-5-3-4-14(16(15)25-13)17(24)23-12-8-6-11(7-9-12)18(19,20)21/h3-9,13,22H,2,10H2,1H3,(H,23,24). The molecular weight excluding hydrogens is 333 g/mol. The Hall–Kier alpha value is -2.70. The van der Waals surface area contributed by atoms with Crippen molar-refractivity contribution >= 4 is 17.3 Å². The molecule has 1 heterocycles. The van der Waals surface area contributed by atoms with E-state index in [0.717, 1.165) is 24.2 Å². The molecule has 25 heavy (non-hydrogen) atoms. The van der Waals surface area contributed by atoms with Crippen LogP contribution in [0.15, 0.2) is 42.5 Å². The molecular formula is C18H17F3N2O2. The lowest BCUT2D eigenvalue weighted by atomic mass is 10.1. The zero-order valence-electron chi connectivity index (χ0n) is 13.5. The van der Waals surface area contributed by atoms with Crippen molar-refractivity contribution in [2.24, 2.45) is 0 Å². The Morgan fingerprint density at radius 1 is 1.24 bits per heavy atom. The second-order valence-electron chi connectivity index (χ2n) is 5.74. The number of carbonyl (C=O) groups is 1. The van der Waals surface area contributed by atoms with E-state index >= 15 is 0 Å². The van der Waals surface area contributed by atoms with Crippen molar-refractivity contribution in [2.75, 3.05) is 17.2 Å². The van der Waals surface area contributed by atoms with E-state index in [0.29, 0.717) is 17.9 Å². The van der Waals surface area contributed by atoms with Gasteiger partial charge in [0.1, 0.15) is 6.10 Å². The number of amides is 1. The van der Waals surface area contributed by atoms with Crippen molar-refractivity contribution in [3.63, 3.8) is 0 Å². The number of nitrogens with one attached hydrogen (secondary N) is 2. The predicted octanol–water partition coefficient (Wildman–Crippen LogP) is 4.54. The molecule has 0 radical (unpaired) electrons. The van der Waals surface area contributed by atoms with Crippen LogP contribution in [-0.4, -0.2) is 18.6 Å². The molecule has 0 aliphatic carbocycles. The van der Waals surface area contributed by atoms with Gasteiger partial charge in [-0.25, -0.2) is 0 Å². The van der Waals surface area contributed by atoms with Crippen LogP contribution < -0.4 is 15.4 Å². The van der Waals surface area contributed by atoms with E-state index in [9.17, 15) is 18.0 Å². The Bertz CT molecular complexity index is 773. The number of ether oxygens (including phenoxy) is 1. The topological polar surface area (TPSA) is 50.4 Å². The number of halogens is 3. The molecule has 0 saturated carbocycles. The molecule has 1 aliphatic rings. The molecule has 132 valence electrons. The molecule has 1 aliphatic heterocycles. The number of hydrogen-bond donors (Lipinski definition) is 2. The van der Waals surface area contributed by atoms with Gasteiger partial charge in [0.25, 0.3) is 5.91 Å². The molecule has 7 heteroatoms. The molecule has 0 aromatic heterocycles. The van der Waals surface area contributed by atoms with Crippen LogP contribution in [-0.2, 0) is 6.18 Å². The minimum Gasteiger partial charge on any atom is -0.486 e. The van der Waals surface area contributed by atoms with Gasteiger partial charge in [-0.3, -0.25) is 4.79 Å². The molecule has 0 spiro atoms. The van der Waals surface area contributed by atoms with Gasteiger partial charge in [0.2, 0.25) is 0 Å². The van der Waals surface area contributed by atoms with E-state index in [4.69, 9.17) is 4.74 Å². The summed E-state index contributed by atoms with van der Waals surface area (Å²) in [6.45, 7) is 2.65. The van der Waals surface area contributed by atoms with Crippen LogP contribution in [0.5, 0.6) is 5.75 Å². The highest BCUT2D eigenvalue weighted by atomic mass is 19.4. The molecule has 3 rings (SSSR count). The Morgan fingerprint density at radius 2 is 1.96 bits per heavy atom. The summed E-state index contributed by atoms with van der Waals surface area (Å²) in [5.41, 5.74) is 0.583. The average molecular weight is 350 g/mol. The lowest BCUT2D eigenvalue weighted by molar-refractivity contribution is -0.137. The van der Waals surface area contributed by atoms with Crippen molar-refractivity contribution in [3.05, 3.63) is 53.6 Å². The fourth-order valence-electron chi connectivity index (χ4n) is 2.58. The van der Waals surface area contributed by atoms with Crippen molar-refractivity contribution in [2.45, 2.75) is 25.6 Å². The summed E-state index contributed by atoms with van der Waals surface area (Å²) >= 11 is 0. The zero-order valence-corrected chi connectivity index (χ0v) is 13.5. The van der Waals surface area contributed by atoms with Crippen molar-refractivity contribution in [1.82, 2.24) is 0 Å². The number of anilines is 2. The fourth-order valence-corrected chi connectivity index (χ4v) is 2.58. The number of carbonyl (C=O) groups excluding carboxylic acids is 1. The third-order valence-corrected chi connectivity index (χ3v) is 3.99. The average Bonchev–Trinajstić information content (AvgIpc) is 2.60. The summed E-state index contributed by atoms with van der Waals surface area (Å²) in [7, 11) is 0. The van der Waals surface area contributed by atoms with Crippen molar-refractivity contribution in [3.8, 4) is 5.75 Å². The Kier molecular flexibility index (Phi) is 4.57. The molecule has 2 N–H and O–H groups in total. The van der Waals surface area contributed by atoms with E-state index in [-0.39, 0.29) is 11.8 Å². The lowest BCUT2D eigenvalue weighted by Gasteiger charge is -2.28. The summed E-state index contributed by atoms with van der Waals surface area (Å²) in [5.74, 6) is 0.0279. The van der Waals surface area contributed by atoms with Crippen LogP contribution in [0.25, 0.3) is 0 Å². The van der Waals surface area contributed by atoms with Gasteiger partial charge in [-0.15, -0.1) is 0 Å². The maximum absolute atomic E-state index is 12.6. The van der Waals surface area contributed by atoms with Crippen LogP contribution in [0.1, 0.15) is 29.3 Å². The fraction of sp³-hybridized carbons (Fsp3) is 0.278. The van der Waals surface area contributed by atoms with Gasteiger partial charge in [0.05, 0.1) is 23.4 Å². The first-order chi connectivity index (χ1) is 11.9. The second-order valence-corrected chi connectivity index (χ2v) is 5.74. The molecule has 0 bridgehead atoms. The molecule has 0 fully saturated rings. The summed E-state index contributed by atoms with van der Waals surface area (Å²) in [4.78, 5) is 12.5. The first-order valence-electron chi connectivity index (χ1n) is 7.90. The lowest BCUT2D eigenvalue weighted by Crippen LogP contribution is -2.31. The molecule has 0 saturated heterocycles. The van der Waals surface area contributed by atoms with E-state index in [1.54, 1.807) is 12.1 Å². The summed E-state index contributed by atoms with van der Waals surface area (Å²) < 4.78 is 43.6. The van der Waals surface area contributed by atoms with Crippen LogP contribution in [0, 0.1) is 0 Å². The quantitative estimate of drug-likeness (QED) is 0.854. The van der Waals surface area contributed by atoms with Crippen molar-refractivity contribution in [1.29, 1.82) is 0 Å². The molecule has 1 atom stereocenters. The number of fused-ring (bicyclic) bond motifs is 1. The Morgan fingerprint density at radius 3 is 2.60 bits per heavy atom. The van der Waals surface area contributed by atoms with E-state index in [1.165, 1.54) is 12.1 Å². The molecule has 4 nitrogen and oxygen atoms in total. The summed E-state index contributed by atoms with van der Waals surface area (Å²) in [6, 6.07) is 9.48. The van der Waals surface area contributed by atoms with Crippen LogP contribution in [0.2, 0.25) is 0 Å². The first kappa shape index (κ1) is 17.1. The minimum absolute atomic E-state index is 0.0347. The monoisotopic (exact) mass is 350 g/mol. The Balaban J connectivity index is 1.80. The van der Waals surface area contributed by atoms with Gasteiger partial charge in [0.15, 0.2) is 5.75 Å². The largest absolute Gasteiger partial charge is 0.486 e. The minimum atomic E-state index is -4.41. The number of benzene rings is 2. The van der Waals surface area contributed by atoms with Crippen LogP contribution in [0.3, 0.4) is 0 Å². The number of para-hydroxylation sites is 1. The smallest absolute Gasteiger partial charge is 0.416 e. The molecule has 1 unspecified atom stereocenters. The Labute approximate surface area is 143 Å². The molecule has 2 aromatic carbocycles. The second kappa shape index (κ2) is 6.66. The van der Waals surface area contributed by atoms with Gasteiger partial charge in [0, 0.05) is 5.69 Å². The van der Waals surface area contributed by atoms with Crippen LogP contribution in [0.4, 0.5) is 24.5 Å². The number of alkyl halides is 3. The van der Waals surface area contributed by atoms with E-state index < -0.39 is 17.6 Å². The van der Waals surface area contributed by atoms with Gasteiger partial charge in [-0.2, -0.15) is 13.2 Å². The summed E-state index contributed by atoms with van der Waals surface area (Å²) in [5, 5.41) is 5.82. The highest BCUT2D eigenvalue weighted by molar-refractivity contribution is 6.07. The SMILES string of the molecule is CCC1CNc2cccc(C(=O)Nc3ccc(C(F)(F)F)cc3)c2O1. The number of hydrogen-bond acceptors (Lipinski definition) is 3. The molecule has 2 aromatic rings. The maximum atomic E-state index is 12.6. The van der Waals surface area contributed by atoms with Gasteiger partial charge < -0.3 is 15.4 Å². The van der Waals surface area contributed by atoms with Crippen LogP contribution >= 0.6 is 0 Å². The normalized spacial score (nSPS) is 16.4. The predicted molar refractivity (Wildman–Crippen MR) is 89.0 cm³/mol. The van der Waals surface area contributed by atoms with Gasteiger partial charge in [-0.05, 0) is 42.8 Å². The van der Waals surface area contributed by atoms with Gasteiger partial charge in [-0.1, -0.05) is 13.0 Å². The zero-order chi connectivity index (χ0) is 18.0. The van der Waals surface area contributed by atoms with E-state index in [1.807, 2.05) is 13.0 Å². The van der Waals surface area contributed by atoms with Gasteiger partial charge >= 0.3 is 6.18 Å². The van der Waals surface area contributed by atoms with Crippen molar-refractivity contribution < 1.29 is 22.7 Å².